The van der Waals surface area contributed by atoms with Gasteiger partial charge in [0.2, 0.25) is 0 Å². The maximum absolute atomic E-state index is 12.2. The summed E-state index contributed by atoms with van der Waals surface area (Å²) in [6.45, 7) is 4.08. The van der Waals surface area contributed by atoms with Crippen molar-refractivity contribution in [2.45, 2.75) is 38.1 Å². The molecule has 0 spiro atoms. The van der Waals surface area contributed by atoms with E-state index in [9.17, 15) is 5.21 Å². The molecule has 2 aliphatic rings. The van der Waals surface area contributed by atoms with Gasteiger partial charge in [-0.1, -0.05) is 18.2 Å². The van der Waals surface area contributed by atoms with Crippen LogP contribution in [0, 0.1) is 5.21 Å². The fraction of sp³-hybridized carbons (Fsp3) is 0.500. The van der Waals surface area contributed by atoms with Crippen molar-refractivity contribution in [2.24, 2.45) is 0 Å². The lowest BCUT2D eigenvalue weighted by molar-refractivity contribution is -0.558. The first-order chi connectivity index (χ1) is 9.05. The van der Waals surface area contributed by atoms with Gasteiger partial charge < -0.3 is 19.4 Å². The molecule has 0 N–H and O–H groups in total. The van der Waals surface area contributed by atoms with Crippen LogP contribution < -0.4 is 0 Å². The van der Waals surface area contributed by atoms with Crippen LogP contribution in [0.15, 0.2) is 30.3 Å². The third kappa shape index (κ3) is 2.49. The van der Waals surface area contributed by atoms with Crippen molar-refractivity contribution in [3.05, 3.63) is 41.1 Å². The van der Waals surface area contributed by atoms with Crippen LogP contribution >= 0.6 is 0 Å². The fourth-order valence-corrected chi connectivity index (χ4v) is 2.50. The van der Waals surface area contributed by atoms with Crippen LogP contribution in [0.2, 0.25) is 0 Å². The van der Waals surface area contributed by atoms with Gasteiger partial charge in [0.15, 0.2) is 18.1 Å². The van der Waals surface area contributed by atoms with Gasteiger partial charge in [-0.25, -0.2) is 0 Å². The molecule has 2 fully saturated rings. The Labute approximate surface area is 112 Å². The molecule has 5 nitrogen and oxygen atoms in total. The SMILES string of the molecule is CC1(C)O[C@@H]2COC(/[N+]([O-])=C/c3ccccc3)[C@@H]2O1. The van der Waals surface area contributed by atoms with Crippen molar-refractivity contribution in [2.75, 3.05) is 6.61 Å². The predicted octanol–water partition coefficient (Wildman–Crippen LogP) is 1.49. The maximum atomic E-state index is 12.2. The first-order valence-corrected chi connectivity index (χ1v) is 6.38. The summed E-state index contributed by atoms with van der Waals surface area (Å²) in [6.07, 6.45) is 0.363. The van der Waals surface area contributed by atoms with Gasteiger partial charge in [0.25, 0.3) is 6.23 Å². The number of nitrogens with zero attached hydrogens (tertiary/aromatic N) is 1. The third-order valence-corrected chi connectivity index (χ3v) is 3.26. The highest BCUT2D eigenvalue weighted by molar-refractivity contribution is 5.75. The molecule has 3 atom stereocenters. The molecule has 0 radical (unpaired) electrons. The van der Waals surface area contributed by atoms with Gasteiger partial charge in [0.05, 0.1) is 6.61 Å². The summed E-state index contributed by atoms with van der Waals surface area (Å²) in [6, 6.07) is 9.41. The van der Waals surface area contributed by atoms with Crippen LogP contribution in [0.3, 0.4) is 0 Å². The van der Waals surface area contributed by atoms with Crippen molar-refractivity contribution in [3.63, 3.8) is 0 Å². The number of fused-ring (bicyclic) bond motifs is 1. The Hall–Kier alpha value is -1.43. The molecular formula is C14H17NO4. The highest BCUT2D eigenvalue weighted by atomic mass is 16.8. The van der Waals surface area contributed by atoms with E-state index in [1.54, 1.807) is 0 Å². The van der Waals surface area contributed by atoms with Gasteiger partial charge >= 0.3 is 0 Å². The molecule has 5 heteroatoms. The number of rotatable bonds is 2. The molecular weight excluding hydrogens is 246 g/mol. The molecule has 0 aromatic heterocycles. The Bertz CT molecular complexity index is 485. The van der Waals surface area contributed by atoms with Gasteiger partial charge in [-0.15, -0.1) is 0 Å². The second kappa shape index (κ2) is 4.59. The van der Waals surface area contributed by atoms with E-state index in [0.717, 1.165) is 10.3 Å². The van der Waals surface area contributed by atoms with Crippen LogP contribution in [0.4, 0.5) is 0 Å². The largest absolute Gasteiger partial charge is 0.622 e. The first kappa shape index (κ1) is 12.6. The van der Waals surface area contributed by atoms with Crippen LogP contribution in [0.1, 0.15) is 19.4 Å². The molecule has 102 valence electrons. The summed E-state index contributed by atoms with van der Waals surface area (Å²) in [7, 11) is 0. The Balaban J connectivity index is 1.78. The smallest absolute Gasteiger partial charge is 0.297 e. The minimum Gasteiger partial charge on any atom is -0.622 e. The average molecular weight is 263 g/mol. The fourth-order valence-electron chi connectivity index (χ4n) is 2.50. The summed E-state index contributed by atoms with van der Waals surface area (Å²) in [5, 5.41) is 12.2. The molecule has 0 aliphatic carbocycles. The molecule has 2 aliphatic heterocycles. The first-order valence-electron chi connectivity index (χ1n) is 6.38. The van der Waals surface area contributed by atoms with E-state index in [0.29, 0.717) is 6.61 Å². The van der Waals surface area contributed by atoms with E-state index in [-0.39, 0.29) is 12.2 Å². The summed E-state index contributed by atoms with van der Waals surface area (Å²) in [5.41, 5.74) is 0.836. The van der Waals surface area contributed by atoms with Crippen molar-refractivity contribution in [3.8, 4) is 0 Å². The Morgan fingerprint density at radius 1 is 1.26 bits per heavy atom. The van der Waals surface area contributed by atoms with E-state index < -0.39 is 12.0 Å². The van der Waals surface area contributed by atoms with E-state index >= 15 is 0 Å². The predicted molar refractivity (Wildman–Crippen MR) is 68.8 cm³/mol. The third-order valence-electron chi connectivity index (χ3n) is 3.26. The summed E-state index contributed by atoms with van der Waals surface area (Å²) in [4.78, 5) is 0. The van der Waals surface area contributed by atoms with Crippen LogP contribution in [-0.2, 0) is 14.2 Å². The number of ether oxygens (including phenoxy) is 3. The molecule has 3 rings (SSSR count). The van der Waals surface area contributed by atoms with Gasteiger partial charge in [-0.2, -0.15) is 4.74 Å². The van der Waals surface area contributed by atoms with Crippen molar-refractivity contribution < 1.29 is 18.9 Å². The van der Waals surface area contributed by atoms with E-state index in [1.807, 2.05) is 44.2 Å². The van der Waals surface area contributed by atoms with Crippen LogP contribution in [-0.4, -0.2) is 41.8 Å². The zero-order valence-corrected chi connectivity index (χ0v) is 11.0. The van der Waals surface area contributed by atoms with Gasteiger partial charge in [0.1, 0.15) is 6.10 Å². The molecule has 1 unspecified atom stereocenters. The molecule has 2 saturated heterocycles. The summed E-state index contributed by atoms with van der Waals surface area (Å²) in [5.74, 6) is -0.648. The summed E-state index contributed by atoms with van der Waals surface area (Å²) >= 11 is 0. The zero-order chi connectivity index (χ0) is 13.5. The molecule has 0 saturated carbocycles. The van der Waals surface area contributed by atoms with Crippen molar-refractivity contribution in [1.29, 1.82) is 0 Å². The lowest BCUT2D eigenvalue weighted by atomic mass is 10.2. The number of hydrogen-bond acceptors (Lipinski definition) is 4. The maximum Gasteiger partial charge on any atom is 0.297 e. The normalized spacial score (nSPS) is 33.4. The lowest BCUT2D eigenvalue weighted by Gasteiger charge is -2.20. The zero-order valence-electron chi connectivity index (χ0n) is 11.0. The minimum absolute atomic E-state index is 0.166. The van der Waals surface area contributed by atoms with Gasteiger partial charge in [0, 0.05) is 5.56 Å². The van der Waals surface area contributed by atoms with E-state index in [2.05, 4.69) is 0 Å². The van der Waals surface area contributed by atoms with E-state index in [1.165, 1.54) is 6.21 Å². The lowest BCUT2D eigenvalue weighted by Crippen LogP contribution is -2.36. The molecule has 2 heterocycles. The highest BCUT2D eigenvalue weighted by Gasteiger charge is 2.54. The molecule has 1 aromatic rings. The number of hydroxylamine groups is 1. The van der Waals surface area contributed by atoms with Crippen molar-refractivity contribution >= 4 is 6.21 Å². The average Bonchev–Trinajstić information content (AvgIpc) is 2.85. The Morgan fingerprint density at radius 2 is 2.00 bits per heavy atom. The standard InChI is InChI=1S/C14H17NO4/c1-14(2)18-11-9-17-13(12(11)19-14)15(16)8-10-6-4-3-5-7-10/h3-8,11-13H,9H2,1-2H3/b15-8-/t11-,12-,13?/m1/s1. The van der Waals surface area contributed by atoms with Crippen LogP contribution in [0.25, 0.3) is 0 Å². The Morgan fingerprint density at radius 3 is 2.74 bits per heavy atom. The number of hydrogen-bond donors (Lipinski definition) is 0. The topological polar surface area (TPSA) is 53.8 Å². The molecule has 0 amide bonds. The molecule has 1 aromatic carbocycles. The second-order valence-electron chi connectivity index (χ2n) is 5.26. The molecule has 19 heavy (non-hydrogen) atoms. The van der Waals surface area contributed by atoms with Gasteiger partial charge in [-0.3, -0.25) is 0 Å². The molecule has 0 bridgehead atoms. The monoisotopic (exact) mass is 263 g/mol. The van der Waals surface area contributed by atoms with E-state index in [4.69, 9.17) is 14.2 Å². The van der Waals surface area contributed by atoms with Crippen molar-refractivity contribution in [1.82, 2.24) is 0 Å². The van der Waals surface area contributed by atoms with Crippen LogP contribution in [0.5, 0.6) is 0 Å². The highest BCUT2D eigenvalue weighted by Crippen LogP contribution is 2.35. The van der Waals surface area contributed by atoms with Gasteiger partial charge in [-0.05, 0) is 26.0 Å². The summed E-state index contributed by atoms with van der Waals surface area (Å²) < 4.78 is 17.7. The number of benzene rings is 1. The minimum atomic E-state index is -0.648. The Kier molecular flexibility index (Phi) is 3.05. The quantitative estimate of drug-likeness (QED) is 0.351. The second-order valence-corrected chi connectivity index (χ2v) is 5.26.